The molecule has 0 bridgehead atoms. The zero-order valence-corrected chi connectivity index (χ0v) is 9.41. The van der Waals surface area contributed by atoms with Crippen LogP contribution in [0.2, 0.25) is 0 Å². The lowest BCUT2D eigenvalue weighted by Crippen LogP contribution is -2.03. The number of carboxylic acids is 1. The molecule has 92 valence electrons. The van der Waals surface area contributed by atoms with E-state index >= 15 is 0 Å². The van der Waals surface area contributed by atoms with Crippen molar-refractivity contribution in [2.45, 2.75) is 6.61 Å². The van der Waals surface area contributed by atoms with Crippen molar-refractivity contribution in [3.63, 3.8) is 0 Å². The molecule has 0 unspecified atom stereocenters. The number of carboxylic acid groups (broad SMARTS) is 1. The van der Waals surface area contributed by atoms with Gasteiger partial charge >= 0.3 is 5.97 Å². The summed E-state index contributed by atoms with van der Waals surface area (Å²) in [6.45, 7) is 0.143. The molecule has 0 fully saturated rings. The summed E-state index contributed by atoms with van der Waals surface area (Å²) in [6.07, 6.45) is 1.10. The standard InChI is InChI=1S/C13H11NO4/c15-12-7-14-9(6-11(12)13(16)17)8-18-10-4-2-1-3-5-10/h1-7,15H,8H2,(H,16,17). The van der Waals surface area contributed by atoms with Gasteiger partial charge in [0, 0.05) is 0 Å². The Labute approximate surface area is 103 Å². The van der Waals surface area contributed by atoms with Gasteiger partial charge in [0.25, 0.3) is 0 Å². The van der Waals surface area contributed by atoms with Crippen molar-refractivity contribution < 1.29 is 19.7 Å². The molecule has 2 rings (SSSR count). The first-order chi connectivity index (χ1) is 8.66. The molecule has 0 saturated heterocycles. The number of aromatic hydroxyl groups is 1. The lowest BCUT2D eigenvalue weighted by Gasteiger charge is -2.06. The Morgan fingerprint density at radius 2 is 2.00 bits per heavy atom. The highest BCUT2D eigenvalue weighted by molar-refractivity contribution is 5.90. The molecule has 0 radical (unpaired) electrons. The van der Waals surface area contributed by atoms with Gasteiger partial charge < -0.3 is 14.9 Å². The molecule has 5 nitrogen and oxygen atoms in total. The second-order valence-electron chi connectivity index (χ2n) is 3.60. The Hall–Kier alpha value is -2.56. The van der Waals surface area contributed by atoms with Crippen molar-refractivity contribution >= 4 is 5.97 Å². The fourth-order valence-electron chi connectivity index (χ4n) is 1.42. The van der Waals surface area contributed by atoms with Crippen LogP contribution in [0.5, 0.6) is 11.5 Å². The van der Waals surface area contributed by atoms with Gasteiger partial charge in [0.1, 0.15) is 23.7 Å². The van der Waals surface area contributed by atoms with E-state index < -0.39 is 5.97 Å². The summed E-state index contributed by atoms with van der Waals surface area (Å²) in [6, 6.07) is 10.4. The molecule has 0 saturated carbocycles. The van der Waals surface area contributed by atoms with Crippen LogP contribution in [0.25, 0.3) is 0 Å². The first-order valence-corrected chi connectivity index (χ1v) is 5.26. The Bertz CT molecular complexity index is 554. The summed E-state index contributed by atoms with van der Waals surface area (Å²) >= 11 is 0. The monoisotopic (exact) mass is 245 g/mol. The van der Waals surface area contributed by atoms with Crippen LogP contribution in [0.15, 0.2) is 42.6 Å². The molecule has 0 aliphatic carbocycles. The van der Waals surface area contributed by atoms with Crippen molar-refractivity contribution in [1.29, 1.82) is 0 Å². The van der Waals surface area contributed by atoms with Gasteiger partial charge in [-0.15, -0.1) is 0 Å². The number of carbonyl (C=O) groups is 1. The predicted octanol–water partition coefficient (Wildman–Crippen LogP) is 2.06. The van der Waals surface area contributed by atoms with E-state index in [1.807, 2.05) is 18.2 Å². The molecule has 0 aliphatic heterocycles. The molecular weight excluding hydrogens is 234 g/mol. The van der Waals surface area contributed by atoms with Crippen LogP contribution in [-0.2, 0) is 6.61 Å². The fourth-order valence-corrected chi connectivity index (χ4v) is 1.42. The number of nitrogens with zero attached hydrogens (tertiary/aromatic N) is 1. The number of para-hydroxylation sites is 1. The van der Waals surface area contributed by atoms with Crippen molar-refractivity contribution in [3.8, 4) is 11.5 Å². The van der Waals surface area contributed by atoms with E-state index in [0.29, 0.717) is 11.4 Å². The van der Waals surface area contributed by atoms with E-state index in [0.717, 1.165) is 6.20 Å². The van der Waals surface area contributed by atoms with Gasteiger partial charge in [-0.1, -0.05) is 18.2 Å². The van der Waals surface area contributed by atoms with Gasteiger partial charge in [-0.3, -0.25) is 4.98 Å². The van der Waals surface area contributed by atoms with Crippen LogP contribution in [0, 0.1) is 0 Å². The SMILES string of the molecule is O=C(O)c1cc(COc2ccccc2)ncc1O. The number of hydrogen-bond donors (Lipinski definition) is 2. The summed E-state index contributed by atoms with van der Waals surface area (Å²) in [5, 5.41) is 18.2. The summed E-state index contributed by atoms with van der Waals surface area (Å²) in [5.41, 5.74) is 0.255. The highest BCUT2D eigenvalue weighted by Crippen LogP contribution is 2.17. The van der Waals surface area contributed by atoms with Gasteiger partial charge in [0.05, 0.1) is 11.9 Å². The zero-order chi connectivity index (χ0) is 13.0. The summed E-state index contributed by atoms with van der Waals surface area (Å²) in [5.74, 6) is -0.883. The molecule has 18 heavy (non-hydrogen) atoms. The predicted molar refractivity (Wildman–Crippen MR) is 63.6 cm³/mol. The average molecular weight is 245 g/mol. The largest absolute Gasteiger partial charge is 0.505 e. The van der Waals surface area contributed by atoms with Crippen LogP contribution in [0.1, 0.15) is 16.1 Å². The minimum atomic E-state index is -1.20. The molecule has 1 aromatic heterocycles. The highest BCUT2D eigenvalue weighted by Gasteiger charge is 2.11. The topological polar surface area (TPSA) is 79.7 Å². The third-order valence-corrected chi connectivity index (χ3v) is 2.30. The van der Waals surface area contributed by atoms with E-state index in [-0.39, 0.29) is 17.9 Å². The van der Waals surface area contributed by atoms with Crippen molar-refractivity contribution in [2.75, 3.05) is 0 Å². The second-order valence-corrected chi connectivity index (χ2v) is 3.60. The first kappa shape index (κ1) is 11.9. The van der Waals surface area contributed by atoms with Crippen molar-refractivity contribution in [1.82, 2.24) is 4.98 Å². The smallest absolute Gasteiger partial charge is 0.339 e. The van der Waals surface area contributed by atoms with Gasteiger partial charge in [-0.05, 0) is 18.2 Å². The van der Waals surface area contributed by atoms with Gasteiger partial charge in [-0.2, -0.15) is 0 Å². The molecule has 1 heterocycles. The molecule has 0 atom stereocenters. The Balaban J connectivity index is 2.11. The molecule has 5 heteroatoms. The Kier molecular flexibility index (Phi) is 3.43. The minimum Gasteiger partial charge on any atom is -0.505 e. The summed E-state index contributed by atoms with van der Waals surface area (Å²) in [7, 11) is 0. The third kappa shape index (κ3) is 2.76. The van der Waals surface area contributed by atoms with Gasteiger partial charge in [-0.25, -0.2) is 4.79 Å². The maximum absolute atomic E-state index is 10.8. The zero-order valence-electron chi connectivity index (χ0n) is 9.41. The number of benzene rings is 1. The molecule has 0 amide bonds. The molecule has 0 aliphatic rings. The van der Waals surface area contributed by atoms with E-state index in [9.17, 15) is 9.90 Å². The average Bonchev–Trinajstić information content (AvgIpc) is 2.38. The number of aromatic carboxylic acids is 1. The maximum atomic E-state index is 10.8. The number of hydrogen-bond acceptors (Lipinski definition) is 4. The third-order valence-electron chi connectivity index (χ3n) is 2.30. The van der Waals surface area contributed by atoms with Crippen LogP contribution >= 0.6 is 0 Å². The number of rotatable bonds is 4. The van der Waals surface area contributed by atoms with E-state index in [1.165, 1.54) is 6.07 Å². The highest BCUT2D eigenvalue weighted by atomic mass is 16.5. The van der Waals surface area contributed by atoms with Gasteiger partial charge in [0.2, 0.25) is 0 Å². The number of pyridine rings is 1. The van der Waals surface area contributed by atoms with Crippen LogP contribution in [0.4, 0.5) is 0 Å². The van der Waals surface area contributed by atoms with E-state index in [4.69, 9.17) is 9.84 Å². The van der Waals surface area contributed by atoms with Crippen LogP contribution in [0.3, 0.4) is 0 Å². The maximum Gasteiger partial charge on any atom is 0.339 e. The van der Waals surface area contributed by atoms with Crippen LogP contribution < -0.4 is 4.74 Å². The lowest BCUT2D eigenvalue weighted by molar-refractivity contribution is 0.0693. The number of aromatic nitrogens is 1. The van der Waals surface area contributed by atoms with Crippen molar-refractivity contribution in [3.05, 3.63) is 53.9 Å². The lowest BCUT2D eigenvalue weighted by atomic mass is 10.2. The molecular formula is C13H11NO4. The van der Waals surface area contributed by atoms with E-state index in [1.54, 1.807) is 12.1 Å². The summed E-state index contributed by atoms with van der Waals surface area (Å²) < 4.78 is 5.43. The molecule has 0 spiro atoms. The fraction of sp³-hybridized carbons (Fsp3) is 0.0769. The molecule has 2 aromatic rings. The summed E-state index contributed by atoms with van der Waals surface area (Å²) in [4.78, 5) is 14.7. The van der Waals surface area contributed by atoms with E-state index in [2.05, 4.69) is 4.98 Å². The Morgan fingerprint density at radius 3 is 2.67 bits per heavy atom. The van der Waals surface area contributed by atoms with Crippen molar-refractivity contribution in [2.24, 2.45) is 0 Å². The Morgan fingerprint density at radius 1 is 1.28 bits per heavy atom. The molecule has 2 N–H and O–H groups in total. The minimum absolute atomic E-state index is 0.143. The quantitative estimate of drug-likeness (QED) is 0.861. The number of ether oxygens (including phenoxy) is 1. The van der Waals surface area contributed by atoms with Gasteiger partial charge in [0.15, 0.2) is 0 Å². The first-order valence-electron chi connectivity index (χ1n) is 5.26. The normalized spacial score (nSPS) is 10.0. The van der Waals surface area contributed by atoms with Crippen LogP contribution in [-0.4, -0.2) is 21.2 Å². The second kappa shape index (κ2) is 5.18. The molecule has 1 aromatic carbocycles.